The molecule has 1 aromatic carbocycles. The highest BCUT2D eigenvalue weighted by Gasteiger charge is 2.33. The number of likely N-dealkylation sites (tertiary alicyclic amines) is 1. The number of rotatable bonds is 4. The van der Waals surface area contributed by atoms with Crippen molar-refractivity contribution >= 4 is 28.8 Å². The Hall–Kier alpha value is -2.45. The maximum Gasteiger partial charge on any atom is 0.417 e. The molecular formula is C22H23ClF3N5. The molecule has 0 bridgehead atoms. The van der Waals surface area contributed by atoms with Crippen LogP contribution < -0.4 is 5.32 Å². The topological polar surface area (TPSA) is 52.9 Å². The van der Waals surface area contributed by atoms with Crippen LogP contribution in [0.25, 0.3) is 0 Å². The summed E-state index contributed by atoms with van der Waals surface area (Å²) in [4.78, 5) is 7.03. The Kier molecular flexibility index (Phi) is 6.03. The summed E-state index contributed by atoms with van der Waals surface area (Å²) in [6.07, 6.45) is -1.99. The number of hydrogen-bond donors (Lipinski definition) is 1. The Morgan fingerprint density at radius 1 is 1.06 bits per heavy atom. The van der Waals surface area contributed by atoms with E-state index in [-0.39, 0.29) is 5.02 Å². The quantitative estimate of drug-likeness (QED) is 0.701. The predicted octanol–water partition coefficient (Wildman–Crippen LogP) is 5.17. The number of nitrogens with zero attached hydrogens (tertiary/aromatic N) is 4. The molecule has 164 valence electrons. The van der Waals surface area contributed by atoms with Gasteiger partial charge < -0.3 is 10.2 Å². The number of aryl methyl sites for hydroxylation is 1. The molecule has 31 heavy (non-hydrogen) atoms. The molecule has 1 aromatic heterocycles. The fourth-order valence-electron chi connectivity index (χ4n) is 3.83. The average Bonchev–Trinajstić information content (AvgIpc) is 3.19. The number of piperidine rings is 1. The second kappa shape index (κ2) is 8.59. The van der Waals surface area contributed by atoms with Crippen LogP contribution in [0.1, 0.15) is 41.6 Å². The fourth-order valence-corrected chi connectivity index (χ4v) is 4.11. The van der Waals surface area contributed by atoms with Crippen molar-refractivity contribution in [3.05, 3.63) is 57.7 Å². The van der Waals surface area contributed by atoms with Gasteiger partial charge in [-0.2, -0.15) is 23.4 Å². The lowest BCUT2D eigenvalue weighted by Gasteiger charge is -2.30. The van der Waals surface area contributed by atoms with Crippen molar-refractivity contribution in [3.8, 4) is 0 Å². The van der Waals surface area contributed by atoms with E-state index in [0.29, 0.717) is 35.1 Å². The third-order valence-corrected chi connectivity index (χ3v) is 5.88. The SMILES string of the molecule is Cc1cc(NC2CCN(C)CC2)nc(C2=NN=C(c3ccc(C(F)(F)F)c(Cl)c3)C2)c1. The first kappa shape index (κ1) is 21.8. The summed E-state index contributed by atoms with van der Waals surface area (Å²) in [6, 6.07) is 7.98. The van der Waals surface area contributed by atoms with Crippen molar-refractivity contribution in [2.45, 2.75) is 38.4 Å². The van der Waals surface area contributed by atoms with Gasteiger partial charge in [-0.25, -0.2) is 4.98 Å². The second-order valence-corrected chi connectivity index (χ2v) is 8.51. The minimum absolute atomic E-state index is 0.348. The molecule has 5 nitrogen and oxygen atoms in total. The molecule has 1 fully saturated rings. The fraction of sp³-hybridized carbons (Fsp3) is 0.409. The molecule has 4 rings (SSSR count). The summed E-state index contributed by atoms with van der Waals surface area (Å²) < 4.78 is 38.8. The van der Waals surface area contributed by atoms with Gasteiger partial charge in [0.2, 0.25) is 0 Å². The lowest BCUT2D eigenvalue weighted by molar-refractivity contribution is -0.137. The first-order valence-corrected chi connectivity index (χ1v) is 10.5. The smallest absolute Gasteiger partial charge is 0.367 e. The highest BCUT2D eigenvalue weighted by Crippen LogP contribution is 2.35. The summed E-state index contributed by atoms with van der Waals surface area (Å²) in [5, 5.41) is 11.6. The summed E-state index contributed by atoms with van der Waals surface area (Å²) >= 11 is 5.85. The number of halogens is 4. The zero-order valence-corrected chi connectivity index (χ0v) is 18.1. The van der Waals surface area contributed by atoms with Crippen molar-refractivity contribution in [1.82, 2.24) is 9.88 Å². The molecule has 9 heteroatoms. The summed E-state index contributed by atoms with van der Waals surface area (Å²) in [7, 11) is 2.12. The molecule has 2 aliphatic heterocycles. The molecule has 0 atom stereocenters. The van der Waals surface area contributed by atoms with Crippen molar-refractivity contribution in [2.24, 2.45) is 10.2 Å². The van der Waals surface area contributed by atoms with Gasteiger partial charge in [0.05, 0.1) is 27.7 Å². The molecule has 0 spiro atoms. The van der Waals surface area contributed by atoms with Crippen molar-refractivity contribution < 1.29 is 13.2 Å². The van der Waals surface area contributed by atoms with E-state index in [2.05, 4.69) is 27.5 Å². The van der Waals surface area contributed by atoms with Crippen LogP contribution >= 0.6 is 11.6 Å². The van der Waals surface area contributed by atoms with E-state index in [4.69, 9.17) is 16.6 Å². The predicted molar refractivity (Wildman–Crippen MR) is 117 cm³/mol. The van der Waals surface area contributed by atoms with Crippen LogP contribution in [-0.2, 0) is 6.18 Å². The highest BCUT2D eigenvalue weighted by molar-refractivity contribution is 6.32. The lowest BCUT2D eigenvalue weighted by Crippen LogP contribution is -2.36. The number of anilines is 1. The van der Waals surface area contributed by atoms with Gasteiger partial charge in [-0.05, 0) is 75.3 Å². The molecule has 0 radical (unpaired) electrons. The van der Waals surface area contributed by atoms with Gasteiger partial charge in [0.25, 0.3) is 0 Å². The van der Waals surface area contributed by atoms with E-state index in [1.807, 2.05) is 19.1 Å². The molecule has 2 aromatic rings. The standard InChI is InChI=1S/C22H23ClF3N5/c1-13-9-19(28-21(10-13)27-15-5-7-31(2)8-6-15)20-12-18(29-30-20)14-3-4-16(17(23)11-14)22(24,25)26/h3-4,9-11,15H,5-8,12H2,1-2H3,(H,27,28). The molecule has 0 amide bonds. The summed E-state index contributed by atoms with van der Waals surface area (Å²) in [5.41, 5.74) is 2.68. The van der Waals surface area contributed by atoms with E-state index in [9.17, 15) is 13.2 Å². The number of alkyl halides is 3. The minimum Gasteiger partial charge on any atom is -0.367 e. The number of aromatic nitrogens is 1. The molecule has 3 heterocycles. The Labute approximate surface area is 184 Å². The molecule has 1 N–H and O–H groups in total. The van der Waals surface area contributed by atoms with Crippen molar-refractivity contribution in [1.29, 1.82) is 0 Å². The number of pyridine rings is 1. The molecule has 0 unspecified atom stereocenters. The van der Waals surface area contributed by atoms with E-state index in [0.717, 1.165) is 43.4 Å². The monoisotopic (exact) mass is 449 g/mol. The zero-order valence-electron chi connectivity index (χ0n) is 17.3. The Morgan fingerprint density at radius 3 is 2.45 bits per heavy atom. The first-order chi connectivity index (χ1) is 14.7. The van der Waals surface area contributed by atoms with Crippen LogP contribution in [0.2, 0.25) is 5.02 Å². The third-order valence-electron chi connectivity index (χ3n) is 5.57. The maximum absolute atomic E-state index is 12.9. The first-order valence-electron chi connectivity index (χ1n) is 10.1. The van der Waals surface area contributed by atoms with Gasteiger partial charge in [-0.3, -0.25) is 0 Å². The number of benzene rings is 1. The van der Waals surface area contributed by atoms with Gasteiger partial charge in [0.15, 0.2) is 0 Å². The van der Waals surface area contributed by atoms with Crippen LogP contribution in [0.4, 0.5) is 19.0 Å². The second-order valence-electron chi connectivity index (χ2n) is 8.10. The third kappa shape index (κ3) is 5.07. The van der Waals surface area contributed by atoms with Crippen LogP contribution in [0.3, 0.4) is 0 Å². The zero-order chi connectivity index (χ0) is 22.2. The van der Waals surface area contributed by atoms with E-state index in [1.165, 1.54) is 12.1 Å². The molecule has 1 saturated heterocycles. The van der Waals surface area contributed by atoms with E-state index in [1.54, 1.807) is 0 Å². The van der Waals surface area contributed by atoms with Crippen LogP contribution in [0, 0.1) is 6.92 Å². The van der Waals surface area contributed by atoms with Crippen molar-refractivity contribution in [3.63, 3.8) is 0 Å². The van der Waals surface area contributed by atoms with Crippen molar-refractivity contribution in [2.75, 3.05) is 25.5 Å². The van der Waals surface area contributed by atoms with Crippen LogP contribution in [0.15, 0.2) is 40.5 Å². The van der Waals surface area contributed by atoms with Gasteiger partial charge >= 0.3 is 6.18 Å². The van der Waals surface area contributed by atoms with Gasteiger partial charge in [-0.15, -0.1) is 0 Å². The summed E-state index contributed by atoms with van der Waals surface area (Å²) in [5.74, 6) is 0.804. The van der Waals surface area contributed by atoms with E-state index >= 15 is 0 Å². The Bertz CT molecular complexity index is 1040. The molecule has 2 aliphatic rings. The normalized spacial score (nSPS) is 18.1. The molecule has 0 aliphatic carbocycles. The number of hydrogen-bond acceptors (Lipinski definition) is 5. The lowest BCUT2D eigenvalue weighted by atomic mass is 10.0. The minimum atomic E-state index is -4.49. The largest absolute Gasteiger partial charge is 0.417 e. The summed E-state index contributed by atoms with van der Waals surface area (Å²) in [6.45, 7) is 4.10. The number of nitrogens with one attached hydrogen (secondary N) is 1. The highest BCUT2D eigenvalue weighted by atomic mass is 35.5. The van der Waals surface area contributed by atoms with E-state index < -0.39 is 11.7 Å². The molecular weight excluding hydrogens is 427 g/mol. The van der Waals surface area contributed by atoms with Gasteiger partial charge in [0, 0.05) is 12.5 Å². The maximum atomic E-state index is 12.9. The van der Waals surface area contributed by atoms with Crippen LogP contribution in [0.5, 0.6) is 0 Å². The Morgan fingerprint density at radius 2 is 1.77 bits per heavy atom. The van der Waals surface area contributed by atoms with Crippen LogP contribution in [-0.4, -0.2) is 47.5 Å². The average molecular weight is 450 g/mol. The van der Waals surface area contributed by atoms with Gasteiger partial charge in [-0.1, -0.05) is 17.7 Å². The Balaban J connectivity index is 1.47. The molecule has 0 saturated carbocycles. The van der Waals surface area contributed by atoms with Gasteiger partial charge in [0.1, 0.15) is 5.82 Å².